The van der Waals surface area contributed by atoms with Crippen molar-refractivity contribution in [2.75, 3.05) is 52.3 Å². The molecule has 7 nitrogen and oxygen atoms in total. The molecule has 1 heterocycles. The third-order valence-electron chi connectivity index (χ3n) is 4.51. The molecule has 1 fully saturated rings. The molecule has 0 aliphatic carbocycles. The molecule has 1 aromatic rings. The zero-order valence-electron chi connectivity index (χ0n) is 15.4. The van der Waals surface area contributed by atoms with Gasteiger partial charge in [-0.05, 0) is 25.7 Å². The fourth-order valence-corrected chi connectivity index (χ4v) is 2.80. The third kappa shape index (κ3) is 4.63. The SMILES string of the molecule is CCN(C)CCNC(=O)[C@H]1CC(=O)N(c2ccc(OC)cc2OC)C1. The van der Waals surface area contributed by atoms with Crippen LogP contribution in [0.3, 0.4) is 0 Å². The Morgan fingerprint density at radius 1 is 1.36 bits per heavy atom. The van der Waals surface area contributed by atoms with Gasteiger partial charge in [0, 0.05) is 32.1 Å². The first-order chi connectivity index (χ1) is 12.0. The first-order valence-electron chi connectivity index (χ1n) is 8.48. The average Bonchev–Trinajstić information content (AvgIpc) is 3.02. The summed E-state index contributed by atoms with van der Waals surface area (Å²) in [7, 11) is 5.13. The monoisotopic (exact) mass is 349 g/mol. The number of nitrogens with zero attached hydrogens (tertiary/aromatic N) is 2. The molecule has 1 aromatic carbocycles. The predicted octanol–water partition coefficient (Wildman–Crippen LogP) is 1.12. The molecule has 0 spiro atoms. The highest BCUT2D eigenvalue weighted by Gasteiger charge is 2.36. The second kappa shape index (κ2) is 8.71. The number of likely N-dealkylation sites (N-methyl/N-ethyl adjacent to an activating group) is 1. The molecule has 2 rings (SSSR count). The van der Waals surface area contributed by atoms with Crippen LogP contribution in [-0.2, 0) is 9.59 Å². The second-order valence-corrected chi connectivity index (χ2v) is 6.13. The van der Waals surface area contributed by atoms with Crippen molar-refractivity contribution >= 4 is 17.5 Å². The predicted molar refractivity (Wildman–Crippen MR) is 96.2 cm³/mol. The largest absolute Gasteiger partial charge is 0.497 e. The van der Waals surface area contributed by atoms with Gasteiger partial charge in [0.05, 0.1) is 25.8 Å². The summed E-state index contributed by atoms with van der Waals surface area (Å²) in [5.41, 5.74) is 0.661. The number of carbonyl (C=O) groups excluding carboxylic acids is 2. The lowest BCUT2D eigenvalue weighted by Gasteiger charge is -2.20. The Balaban J connectivity index is 2.01. The van der Waals surface area contributed by atoms with Gasteiger partial charge in [0.25, 0.3) is 0 Å². The smallest absolute Gasteiger partial charge is 0.227 e. The Labute approximate surface area is 148 Å². The molecule has 1 N–H and O–H groups in total. The van der Waals surface area contributed by atoms with Crippen LogP contribution in [0, 0.1) is 5.92 Å². The molecule has 1 atom stereocenters. The Morgan fingerprint density at radius 2 is 2.12 bits per heavy atom. The Morgan fingerprint density at radius 3 is 2.76 bits per heavy atom. The van der Waals surface area contributed by atoms with Gasteiger partial charge >= 0.3 is 0 Å². The molecule has 1 saturated heterocycles. The number of rotatable bonds is 8. The van der Waals surface area contributed by atoms with Crippen LogP contribution in [0.25, 0.3) is 0 Å². The quantitative estimate of drug-likeness (QED) is 0.762. The summed E-state index contributed by atoms with van der Waals surface area (Å²) < 4.78 is 10.5. The van der Waals surface area contributed by atoms with Gasteiger partial charge in [-0.3, -0.25) is 9.59 Å². The molecule has 25 heavy (non-hydrogen) atoms. The fourth-order valence-electron chi connectivity index (χ4n) is 2.80. The molecule has 2 amide bonds. The molecule has 1 aliphatic rings. The molecule has 138 valence electrons. The highest BCUT2D eigenvalue weighted by atomic mass is 16.5. The van der Waals surface area contributed by atoms with Crippen molar-refractivity contribution in [1.29, 1.82) is 0 Å². The molecule has 0 saturated carbocycles. The van der Waals surface area contributed by atoms with E-state index >= 15 is 0 Å². The van der Waals surface area contributed by atoms with Crippen LogP contribution in [0.1, 0.15) is 13.3 Å². The zero-order valence-corrected chi connectivity index (χ0v) is 15.4. The number of benzene rings is 1. The molecular formula is C18H27N3O4. The van der Waals surface area contributed by atoms with Crippen LogP contribution in [0.5, 0.6) is 11.5 Å². The highest BCUT2D eigenvalue weighted by Crippen LogP contribution is 2.35. The summed E-state index contributed by atoms with van der Waals surface area (Å²) in [5.74, 6) is 0.716. The van der Waals surface area contributed by atoms with E-state index in [-0.39, 0.29) is 24.2 Å². The first-order valence-corrected chi connectivity index (χ1v) is 8.48. The Hall–Kier alpha value is -2.28. The first kappa shape index (κ1) is 19.1. The van der Waals surface area contributed by atoms with Crippen molar-refractivity contribution in [3.8, 4) is 11.5 Å². The minimum absolute atomic E-state index is 0.0747. The Bertz CT molecular complexity index is 620. The molecule has 0 bridgehead atoms. The summed E-state index contributed by atoms with van der Waals surface area (Å²) in [4.78, 5) is 28.5. The van der Waals surface area contributed by atoms with E-state index in [9.17, 15) is 9.59 Å². The van der Waals surface area contributed by atoms with Gasteiger partial charge < -0.3 is 24.6 Å². The van der Waals surface area contributed by atoms with Crippen molar-refractivity contribution < 1.29 is 19.1 Å². The molecule has 0 radical (unpaired) electrons. The minimum Gasteiger partial charge on any atom is -0.497 e. The number of hydrogen-bond donors (Lipinski definition) is 1. The standard InChI is InChI=1S/C18H27N3O4/c1-5-20(2)9-8-19-18(23)13-10-17(22)21(12-13)15-7-6-14(24-3)11-16(15)25-4/h6-7,11,13H,5,8-10,12H2,1-4H3,(H,19,23)/t13-/m0/s1. The van der Waals surface area contributed by atoms with E-state index in [0.29, 0.717) is 30.3 Å². The number of anilines is 1. The molecule has 7 heteroatoms. The van der Waals surface area contributed by atoms with Crippen LogP contribution >= 0.6 is 0 Å². The number of amides is 2. The molecular weight excluding hydrogens is 322 g/mol. The summed E-state index contributed by atoms with van der Waals surface area (Å²) in [6, 6.07) is 5.29. The number of ether oxygens (including phenoxy) is 2. The fraction of sp³-hybridized carbons (Fsp3) is 0.556. The molecule has 1 aliphatic heterocycles. The molecule has 0 unspecified atom stereocenters. The maximum Gasteiger partial charge on any atom is 0.227 e. The Kier molecular flexibility index (Phi) is 6.64. The van der Waals surface area contributed by atoms with Crippen molar-refractivity contribution in [3.63, 3.8) is 0 Å². The van der Waals surface area contributed by atoms with E-state index in [1.165, 1.54) is 0 Å². The topological polar surface area (TPSA) is 71.1 Å². The van der Waals surface area contributed by atoms with Gasteiger partial charge in [0.15, 0.2) is 0 Å². The van der Waals surface area contributed by atoms with E-state index in [1.807, 2.05) is 7.05 Å². The van der Waals surface area contributed by atoms with Crippen molar-refractivity contribution in [2.24, 2.45) is 5.92 Å². The van der Waals surface area contributed by atoms with Crippen molar-refractivity contribution in [1.82, 2.24) is 10.2 Å². The average molecular weight is 349 g/mol. The molecule has 0 aromatic heterocycles. The van der Waals surface area contributed by atoms with Gasteiger partial charge in [-0.2, -0.15) is 0 Å². The second-order valence-electron chi connectivity index (χ2n) is 6.13. The van der Waals surface area contributed by atoms with Crippen LogP contribution in [0.15, 0.2) is 18.2 Å². The van der Waals surface area contributed by atoms with Gasteiger partial charge in [0.1, 0.15) is 11.5 Å². The number of carbonyl (C=O) groups is 2. The van der Waals surface area contributed by atoms with E-state index in [0.717, 1.165) is 13.1 Å². The lowest BCUT2D eigenvalue weighted by Crippen LogP contribution is -2.37. The van der Waals surface area contributed by atoms with Gasteiger partial charge in [-0.25, -0.2) is 0 Å². The van der Waals surface area contributed by atoms with Gasteiger partial charge in [-0.1, -0.05) is 6.92 Å². The van der Waals surface area contributed by atoms with Crippen molar-refractivity contribution in [2.45, 2.75) is 13.3 Å². The zero-order chi connectivity index (χ0) is 18.4. The summed E-state index contributed by atoms with van der Waals surface area (Å²) >= 11 is 0. The highest BCUT2D eigenvalue weighted by molar-refractivity contribution is 6.01. The summed E-state index contributed by atoms with van der Waals surface area (Å²) in [6.45, 7) is 4.73. The van der Waals surface area contributed by atoms with Crippen LogP contribution in [0.2, 0.25) is 0 Å². The van der Waals surface area contributed by atoms with Crippen LogP contribution in [0.4, 0.5) is 5.69 Å². The number of hydrogen-bond acceptors (Lipinski definition) is 5. The number of methoxy groups -OCH3 is 2. The van der Waals surface area contributed by atoms with Crippen LogP contribution < -0.4 is 19.7 Å². The maximum atomic E-state index is 12.4. The van der Waals surface area contributed by atoms with Crippen LogP contribution in [-0.4, -0.2) is 64.2 Å². The van der Waals surface area contributed by atoms with Gasteiger partial charge in [-0.15, -0.1) is 0 Å². The third-order valence-corrected chi connectivity index (χ3v) is 4.51. The normalized spacial score (nSPS) is 17.1. The summed E-state index contributed by atoms with van der Waals surface area (Å²) in [6.07, 6.45) is 0.213. The number of nitrogens with one attached hydrogen (secondary N) is 1. The lowest BCUT2D eigenvalue weighted by atomic mass is 10.1. The summed E-state index contributed by atoms with van der Waals surface area (Å²) in [5, 5.41) is 2.92. The minimum atomic E-state index is -0.341. The van der Waals surface area contributed by atoms with E-state index < -0.39 is 0 Å². The maximum absolute atomic E-state index is 12.4. The van der Waals surface area contributed by atoms with Gasteiger partial charge in [0.2, 0.25) is 11.8 Å². The van der Waals surface area contributed by atoms with Crippen molar-refractivity contribution in [3.05, 3.63) is 18.2 Å². The van der Waals surface area contributed by atoms with E-state index in [4.69, 9.17) is 9.47 Å². The van der Waals surface area contributed by atoms with E-state index in [1.54, 1.807) is 37.3 Å². The van der Waals surface area contributed by atoms with E-state index in [2.05, 4.69) is 17.1 Å². The lowest BCUT2D eigenvalue weighted by molar-refractivity contribution is -0.126.